The predicted octanol–water partition coefficient (Wildman–Crippen LogP) is 2.83. The van der Waals surface area contributed by atoms with Crippen molar-refractivity contribution < 1.29 is 14.6 Å². The first kappa shape index (κ1) is 13.3. The van der Waals surface area contributed by atoms with E-state index in [-0.39, 0.29) is 5.78 Å². The van der Waals surface area contributed by atoms with E-state index in [9.17, 15) is 9.90 Å². The van der Waals surface area contributed by atoms with Crippen LogP contribution < -0.4 is 4.74 Å². The van der Waals surface area contributed by atoms with Crippen molar-refractivity contribution in [2.45, 2.75) is 19.6 Å². The maximum absolute atomic E-state index is 11.7. The summed E-state index contributed by atoms with van der Waals surface area (Å²) in [7, 11) is 0. The Labute approximate surface area is 112 Å². The maximum atomic E-state index is 11.7. The number of rotatable bonds is 5. The zero-order valence-corrected chi connectivity index (χ0v) is 10.7. The fourth-order valence-corrected chi connectivity index (χ4v) is 1.72. The Bertz CT molecular complexity index is 547. The molecule has 0 bridgehead atoms. The van der Waals surface area contributed by atoms with E-state index in [0.29, 0.717) is 17.9 Å². The first-order valence-corrected chi connectivity index (χ1v) is 6.16. The molecular formula is C16H16O3. The molecule has 0 heterocycles. The number of carbonyl (C=O) groups is 1. The van der Waals surface area contributed by atoms with Crippen molar-refractivity contribution in [3.05, 3.63) is 65.7 Å². The quantitative estimate of drug-likeness (QED) is 0.837. The SMILES string of the molecule is CC(O)C(=O)c1cccc(OCc2ccccc2)c1. The Balaban J connectivity index is 2.05. The average Bonchev–Trinajstić information content (AvgIpc) is 2.45. The van der Waals surface area contributed by atoms with Crippen LogP contribution in [-0.2, 0) is 6.61 Å². The van der Waals surface area contributed by atoms with Gasteiger partial charge in [0.05, 0.1) is 0 Å². The Morgan fingerprint density at radius 1 is 1.16 bits per heavy atom. The lowest BCUT2D eigenvalue weighted by atomic mass is 10.1. The summed E-state index contributed by atoms with van der Waals surface area (Å²) in [6.07, 6.45) is -0.996. The molecule has 19 heavy (non-hydrogen) atoms. The van der Waals surface area contributed by atoms with Gasteiger partial charge < -0.3 is 9.84 Å². The molecule has 1 unspecified atom stereocenters. The smallest absolute Gasteiger partial charge is 0.191 e. The third-order valence-electron chi connectivity index (χ3n) is 2.75. The zero-order valence-electron chi connectivity index (χ0n) is 10.7. The lowest BCUT2D eigenvalue weighted by Crippen LogP contribution is -2.15. The molecule has 1 atom stereocenters. The summed E-state index contributed by atoms with van der Waals surface area (Å²) in [4.78, 5) is 11.7. The fraction of sp³-hybridized carbons (Fsp3) is 0.188. The van der Waals surface area contributed by atoms with E-state index in [0.717, 1.165) is 5.56 Å². The summed E-state index contributed by atoms with van der Waals surface area (Å²) in [6, 6.07) is 16.7. The highest BCUT2D eigenvalue weighted by molar-refractivity contribution is 5.99. The molecule has 0 amide bonds. The van der Waals surface area contributed by atoms with Crippen LogP contribution in [0.15, 0.2) is 54.6 Å². The monoisotopic (exact) mass is 256 g/mol. The van der Waals surface area contributed by atoms with Gasteiger partial charge in [-0.25, -0.2) is 0 Å². The third kappa shape index (κ3) is 3.66. The Hall–Kier alpha value is -2.13. The molecule has 0 aliphatic carbocycles. The van der Waals surface area contributed by atoms with Gasteiger partial charge in [0.2, 0.25) is 0 Å². The van der Waals surface area contributed by atoms with Gasteiger partial charge in [-0.1, -0.05) is 42.5 Å². The van der Waals surface area contributed by atoms with Gasteiger partial charge in [-0.3, -0.25) is 4.79 Å². The van der Waals surface area contributed by atoms with Gasteiger partial charge in [-0.05, 0) is 24.6 Å². The van der Waals surface area contributed by atoms with E-state index in [1.165, 1.54) is 6.92 Å². The minimum Gasteiger partial charge on any atom is -0.489 e. The van der Waals surface area contributed by atoms with Crippen molar-refractivity contribution in [1.82, 2.24) is 0 Å². The van der Waals surface area contributed by atoms with Gasteiger partial charge in [0.15, 0.2) is 5.78 Å². The Kier molecular flexibility index (Phi) is 4.31. The number of benzene rings is 2. The molecule has 0 aliphatic heterocycles. The molecule has 0 saturated heterocycles. The Morgan fingerprint density at radius 3 is 2.58 bits per heavy atom. The molecule has 0 radical (unpaired) electrons. The van der Waals surface area contributed by atoms with Crippen LogP contribution in [0, 0.1) is 0 Å². The van der Waals surface area contributed by atoms with E-state index >= 15 is 0 Å². The van der Waals surface area contributed by atoms with Gasteiger partial charge in [-0.15, -0.1) is 0 Å². The molecule has 3 nitrogen and oxygen atoms in total. The van der Waals surface area contributed by atoms with Crippen LogP contribution in [0.3, 0.4) is 0 Å². The van der Waals surface area contributed by atoms with Crippen LogP contribution in [0.5, 0.6) is 5.75 Å². The molecule has 3 heteroatoms. The topological polar surface area (TPSA) is 46.5 Å². The van der Waals surface area contributed by atoms with E-state index in [2.05, 4.69) is 0 Å². The molecule has 98 valence electrons. The van der Waals surface area contributed by atoms with Crippen LogP contribution in [0.2, 0.25) is 0 Å². The minimum atomic E-state index is -0.996. The second-order valence-corrected chi connectivity index (χ2v) is 4.34. The molecule has 0 spiro atoms. The lowest BCUT2D eigenvalue weighted by molar-refractivity contribution is 0.0779. The summed E-state index contributed by atoms with van der Waals surface area (Å²) in [5.41, 5.74) is 1.52. The molecule has 0 aromatic heterocycles. The zero-order chi connectivity index (χ0) is 13.7. The number of aliphatic hydroxyl groups is 1. The van der Waals surface area contributed by atoms with Crippen LogP contribution in [0.1, 0.15) is 22.8 Å². The molecule has 2 rings (SSSR count). The standard InChI is InChI=1S/C16H16O3/c1-12(17)16(18)14-8-5-9-15(10-14)19-11-13-6-3-2-4-7-13/h2-10,12,17H,11H2,1H3. The minimum absolute atomic E-state index is 0.301. The third-order valence-corrected chi connectivity index (χ3v) is 2.75. The molecule has 0 saturated carbocycles. The molecule has 2 aromatic rings. The highest BCUT2D eigenvalue weighted by Gasteiger charge is 2.12. The molecular weight excluding hydrogens is 240 g/mol. The number of Topliss-reactive ketones (excluding diaryl/α,β-unsaturated/α-hetero) is 1. The normalized spacial score (nSPS) is 11.9. The van der Waals surface area contributed by atoms with Crippen molar-refractivity contribution in [1.29, 1.82) is 0 Å². The Morgan fingerprint density at radius 2 is 1.89 bits per heavy atom. The van der Waals surface area contributed by atoms with Gasteiger partial charge in [0, 0.05) is 5.56 Å². The molecule has 0 aliphatic rings. The summed E-state index contributed by atoms with van der Waals surface area (Å²) in [5.74, 6) is 0.320. The maximum Gasteiger partial charge on any atom is 0.191 e. The number of ether oxygens (including phenoxy) is 1. The summed E-state index contributed by atoms with van der Waals surface area (Å²) in [5, 5.41) is 9.28. The van der Waals surface area contributed by atoms with Crippen LogP contribution in [0.25, 0.3) is 0 Å². The number of hydrogen-bond acceptors (Lipinski definition) is 3. The van der Waals surface area contributed by atoms with Crippen LogP contribution in [-0.4, -0.2) is 17.0 Å². The van der Waals surface area contributed by atoms with Crippen LogP contribution in [0.4, 0.5) is 0 Å². The lowest BCUT2D eigenvalue weighted by Gasteiger charge is -2.08. The fourth-order valence-electron chi connectivity index (χ4n) is 1.72. The number of hydrogen-bond donors (Lipinski definition) is 1. The van der Waals surface area contributed by atoms with Crippen molar-refractivity contribution >= 4 is 5.78 Å². The van der Waals surface area contributed by atoms with Gasteiger partial charge >= 0.3 is 0 Å². The number of ketones is 1. The average molecular weight is 256 g/mol. The van der Waals surface area contributed by atoms with Gasteiger partial charge in [-0.2, -0.15) is 0 Å². The van der Waals surface area contributed by atoms with Crippen molar-refractivity contribution in [3.63, 3.8) is 0 Å². The summed E-state index contributed by atoms with van der Waals surface area (Å²) < 4.78 is 5.63. The summed E-state index contributed by atoms with van der Waals surface area (Å²) >= 11 is 0. The highest BCUT2D eigenvalue weighted by Crippen LogP contribution is 2.16. The summed E-state index contributed by atoms with van der Waals surface area (Å²) in [6.45, 7) is 1.91. The second kappa shape index (κ2) is 6.16. The van der Waals surface area contributed by atoms with Crippen LogP contribution >= 0.6 is 0 Å². The van der Waals surface area contributed by atoms with E-state index < -0.39 is 6.10 Å². The van der Waals surface area contributed by atoms with Crippen molar-refractivity contribution in [2.75, 3.05) is 0 Å². The molecule has 0 fully saturated rings. The number of carbonyl (C=O) groups excluding carboxylic acids is 1. The second-order valence-electron chi connectivity index (χ2n) is 4.34. The molecule has 1 N–H and O–H groups in total. The van der Waals surface area contributed by atoms with Crippen molar-refractivity contribution in [2.24, 2.45) is 0 Å². The first-order chi connectivity index (χ1) is 9.16. The van der Waals surface area contributed by atoms with E-state index in [1.54, 1.807) is 24.3 Å². The van der Waals surface area contributed by atoms with Crippen molar-refractivity contribution in [3.8, 4) is 5.75 Å². The van der Waals surface area contributed by atoms with E-state index in [4.69, 9.17) is 4.74 Å². The first-order valence-electron chi connectivity index (χ1n) is 6.16. The predicted molar refractivity (Wildman–Crippen MR) is 73.2 cm³/mol. The highest BCUT2D eigenvalue weighted by atomic mass is 16.5. The van der Waals surface area contributed by atoms with E-state index in [1.807, 2.05) is 30.3 Å². The number of aliphatic hydroxyl groups excluding tert-OH is 1. The largest absolute Gasteiger partial charge is 0.489 e. The van der Waals surface area contributed by atoms with Gasteiger partial charge in [0.1, 0.15) is 18.5 Å². The molecule has 2 aromatic carbocycles. The van der Waals surface area contributed by atoms with Gasteiger partial charge in [0.25, 0.3) is 0 Å².